The van der Waals surface area contributed by atoms with Crippen LogP contribution in [-0.4, -0.2) is 21.0 Å². The topological polar surface area (TPSA) is 60.4 Å². The van der Waals surface area contributed by atoms with Gasteiger partial charge in [0.05, 0.1) is 11.3 Å². The van der Waals surface area contributed by atoms with Crippen LogP contribution >= 0.6 is 0 Å². The van der Waals surface area contributed by atoms with Crippen LogP contribution in [-0.2, 0) is 26.0 Å². The molecule has 1 aliphatic rings. The third-order valence-electron chi connectivity index (χ3n) is 3.59. The Morgan fingerprint density at radius 3 is 2.48 bits per heavy atom. The number of carbonyl (C=O) groups excluding carboxylic acids is 1. The van der Waals surface area contributed by atoms with Crippen molar-refractivity contribution in [3.8, 4) is 0 Å². The van der Waals surface area contributed by atoms with E-state index in [1.807, 2.05) is 6.07 Å². The smallest absolute Gasteiger partial charge is 0.339 e. The number of benzene rings is 2. The fraction of sp³-hybridized carbons (Fsp3) is 0.118. The lowest BCUT2D eigenvalue weighted by Crippen LogP contribution is -1.98. The van der Waals surface area contributed by atoms with Gasteiger partial charge in [0.2, 0.25) is 0 Å². The minimum Gasteiger partial charge on any atom is -0.457 e. The monoisotopic (exact) mass is 332 g/mol. The van der Waals surface area contributed by atoms with Gasteiger partial charge < -0.3 is 4.74 Å². The molecule has 6 heteroatoms. The average molecular weight is 332 g/mol. The van der Waals surface area contributed by atoms with Crippen LogP contribution in [0.3, 0.4) is 0 Å². The molecule has 0 aliphatic carbocycles. The van der Waals surface area contributed by atoms with Crippen molar-refractivity contribution >= 4 is 27.8 Å². The highest BCUT2D eigenvalue weighted by atomic mass is 32.2. The first-order chi connectivity index (χ1) is 11.1. The third-order valence-corrected chi connectivity index (χ3v) is 4.21. The Morgan fingerprint density at radius 2 is 1.83 bits per heavy atom. The molecule has 0 aromatic heterocycles. The second-order valence-corrected chi connectivity index (χ2v) is 6.08. The van der Waals surface area contributed by atoms with Gasteiger partial charge in [-0.05, 0) is 17.2 Å². The molecule has 0 bridgehead atoms. The predicted octanol–water partition coefficient (Wildman–Crippen LogP) is 2.40. The van der Waals surface area contributed by atoms with Gasteiger partial charge in [-0.1, -0.05) is 42.5 Å². The summed E-state index contributed by atoms with van der Waals surface area (Å²) in [5.74, 6) is -1.27. The minimum atomic E-state index is -2.62. The molecule has 118 valence electrons. The predicted molar refractivity (Wildman–Crippen MR) is 84.6 cm³/mol. The van der Waals surface area contributed by atoms with Crippen molar-refractivity contribution < 1.29 is 22.3 Å². The van der Waals surface area contributed by atoms with Crippen LogP contribution in [0.1, 0.15) is 16.7 Å². The Hall–Kier alpha value is -2.47. The van der Waals surface area contributed by atoms with Crippen molar-refractivity contribution in [1.29, 1.82) is 0 Å². The molecule has 2 aromatic carbocycles. The zero-order valence-electron chi connectivity index (χ0n) is 12.0. The normalized spacial score (nSPS) is 14.4. The van der Waals surface area contributed by atoms with E-state index in [9.17, 15) is 17.6 Å². The Labute approximate surface area is 134 Å². The van der Waals surface area contributed by atoms with Gasteiger partial charge in [0.25, 0.3) is 0 Å². The SMILES string of the molecule is O=C1OCC(c2ccc(C[SH](=O)=O)cc2F)=C1c1ccccc1. The van der Waals surface area contributed by atoms with Crippen LogP contribution in [0, 0.1) is 5.82 Å². The summed E-state index contributed by atoms with van der Waals surface area (Å²) < 4.78 is 40.9. The van der Waals surface area contributed by atoms with Crippen molar-refractivity contribution in [3.05, 3.63) is 71.0 Å². The number of thiol groups is 1. The van der Waals surface area contributed by atoms with Crippen LogP contribution in [0.4, 0.5) is 4.39 Å². The Morgan fingerprint density at radius 1 is 1.09 bits per heavy atom. The molecule has 0 fully saturated rings. The summed E-state index contributed by atoms with van der Waals surface area (Å²) in [4.78, 5) is 12.0. The van der Waals surface area contributed by atoms with Crippen molar-refractivity contribution in [2.45, 2.75) is 5.75 Å². The quantitative estimate of drug-likeness (QED) is 0.690. The number of cyclic esters (lactones) is 1. The highest BCUT2D eigenvalue weighted by Gasteiger charge is 2.28. The van der Waals surface area contributed by atoms with Crippen LogP contribution in [0.5, 0.6) is 0 Å². The van der Waals surface area contributed by atoms with Gasteiger partial charge in [-0.15, -0.1) is 0 Å². The van der Waals surface area contributed by atoms with Crippen molar-refractivity contribution in [1.82, 2.24) is 0 Å². The lowest BCUT2D eigenvalue weighted by atomic mass is 9.96. The van der Waals surface area contributed by atoms with E-state index in [0.29, 0.717) is 22.3 Å². The van der Waals surface area contributed by atoms with Gasteiger partial charge in [-0.3, -0.25) is 0 Å². The molecule has 0 unspecified atom stereocenters. The molecule has 0 saturated carbocycles. The molecule has 0 spiro atoms. The minimum absolute atomic E-state index is 0.00481. The van der Waals surface area contributed by atoms with Gasteiger partial charge in [0, 0.05) is 11.1 Å². The molecular weight excluding hydrogens is 319 g/mol. The van der Waals surface area contributed by atoms with E-state index in [4.69, 9.17) is 4.74 Å². The summed E-state index contributed by atoms with van der Waals surface area (Å²) in [5.41, 5.74) is 2.09. The molecule has 0 atom stereocenters. The van der Waals surface area contributed by atoms with E-state index >= 15 is 0 Å². The number of hydrogen-bond donors (Lipinski definition) is 1. The molecule has 0 saturated heterocycles. The number of hydrogen-bond acceptors (Lipinski definition) is 4. The number of ether oxygens (including phenoxy) is 1. The largest absolute Gasteiger partial charge is 0.457 e. The van der Waals surface area contributed by atoms with Crippen LogP contribution in [0.15, 0.2) is 48.5 Å². The number of carbonyl (C=O) groups is 1. The molecule has 1 heterocycles. The zero-order chi connectivity index (χ0) is 16.4. The zero-order valence-corrected chi connectivity index (χ0v) is 12.9. The molecule has 23 heavy (non-hydrogen) atoms. The number of esters is 1. The molecular formula is C17H13FO4S. The molecule has 0 N–H and O–H groups in total. The average Bonchev–Trinajstić information content (AvgIpc) is 2.89. The highest BCUT2D eigenvalue weighted by molar-refractivity contribution is 7.71. The van der Waals surface area contributed by atoms with Gasteiger partial charge in [-0.2, -0.15) is 0 Å². The summed E-state index contributed by atoms with van der Waals surface area (Å²) in [7, 11) is -2.62. The first kappa shape index (κ1) is 15.4. The maximum atomic E-state index is 14.4. The second kappa shape index (κ2) is 6.34. The van der Waals surface area contributed by atoms with Gasteiger partial charge in [0.15, 0.2) is 0 Å². The van der Waals surface area contributed by atoms with Gasteiger partial charge >= 0.3 is 5.97 Å². The summed E-state index contributed by atoms with van der Waals surface area (Å²) in [6.45, 7) is -0.00481. The van der Waals surface area contributed by atoms with E-state index in [1.165, 1.54) is 12.1 Å². The van der Waals surface area contributed by atoms with E-state index < -0.39 is 22.5 Å². The van der Waals surface area contributed by atoms with Crippen LogP contribution in [0.2, 0.25) is 0 Å². The molecule has 3 rings (SSSR count). The molecule has 0 amide bonds. The Kier molecular flexibility index (Phi) is 4.25. The first-order valence-electron chi connectivity index (χ1n) is 6.92. The molecule has 1 aliphatic heterocycles. The van der Waals surface area contributed by atoms with Crippen molar-refractivity contribution in [2.24, 2.45) is 0 Å². The van der Waals surface area contributed by atoms with Crippen molar-refractivity contribution in [3.63, 3.8) is 0 Å². The maximum absolute atomic E-state index is 14.4. The lowest BCUT2D eigenvalue weighted by molar-refractivity contribution is -0.133. The number of rotatable bonds is 4. The van der Waals surface area contributed by atoms with E-state index in [1.54, 1.807) is 30.3 Å². The van der Waals surface area contributed by atoms with E-state index in [0.717, 1.165) is 0 Å². The standard InChI is InChI=1S/C17H13FO4S/c18-15-8-11(10-23(20)21)6-7-13(15)14-9-22-17(19)16(14)12-4-2-1-3-5-12/h1-8,23H,9-10H2. The van der Waals surface area contributed by atoms with E-state index in [-0.39, 0.29) is 17.9 Å². The highest BCUT2D eigenvalue weighted by Crippen LogP contribution is 2.34. The Balaban J connectivity index is 2.09. The second-order valence-electron chi connectivity index (χ2n) is 5.10. The Bertz CT molecular complexity index is 861. The third kappa shape index (κ3) is 3.17. The van der Waals surface area contributed by atoms with Crippen molar-refractivity contribution in [2.75, 3.05) is 6.61 Å². The van der Waals surface area contributed by atoms with Gasteiger partial charge in [-0.25, -0.2) is 17.6 Å². The number of halogens is 1. The lowest BCUT2D eigenvalue weighted by Gasteiger charge is -2.07. The van der Waals surface area contributed by atoms with Crippen LogP contribution in [0.25, 0.3) is 11.1 Å². The fourth-order valence-corrected chi connectivity index (χ4v) is 3.06. The maximum Gasteiger partial charge on any atom is 0.339 e. The van der Waals surface area contributed by atoms with Gasteiger partial charge in [0.1, 0.15) is 23.1 Å². The summed E-state index contributed by atoms with van der Waals surface area (Å²) in [6.07, 6.45) is 0. The van der Waals surface area contributed by atoms with E-state index in [2.05, 4.69) is 0 Å². The summed E-state index contributed by atoms with van der Waals surface area (Å²) in [5, 5.41) is 0. The fourth-order valence-electron chi connectivity index (χ4n) is 2.57. The molecule has 2 aromatic rings. The van der Waals surface area contributed by atoms with Crippen LogP contribution < -0.4 is 0 Å². The summed E-state index contributed by atoms with van der Waals surface area (Å²) >= 11 is 0. The molecule has 0 radical (unpaired) electrons. The molecule has 4 nitrogen and oxygen atoms in total. The summed E-state index contributed by atoms with van der Waals surface area (Å²) in [6, 6.07) is 13.1. The first-order valence-corrected chi connectivity index (χ1v) is 8.29.